The fourth-order valence-electron chi connectivity index (χ4n) is 3.15. The van der Waals surface area contributed by atoms with E-state index in [2.05, 4.69) is 11.1 Å². The number of amides is 1. The number of benzene rings is 2. The zero-order valence-electron chi connectivity index (χ0n) is 16.9. The van der Waals surface area contributed by atoms with E-state index in [9.17, 15) is 14.4 Å². The molecule has 1 amide bonds. The molecule has 0 unspecified atom stereocenters. The molecule has 3 aromatic rings. The molecule has 4 nitrogen and oxygen atoms in total. The molecule has 152 valence electrons. The third-order valence-electron chi connectivity index (χ3n) is 4.77. The van der Waals surface area contributed by atoms with Crippen molar-refractivity contribution in [3.05, 3.63) is 72.0 Å². The van der Waals surface area contributed by atoms with Crippen molar-refractivity contribution in [2.45, 2.75) is 18.9 Å². The second-order valence-corrected chi connectivity index (χ2v) is 7.54. The van der Waals surface area contributed by atoms with Crippen molar-refractivity contribution in [3.8, 4) is 28.5 Å². The second-order valence-electron chi connectivity index (χ2n) is 6.57. The number of hydrogen-bond acceptors (Lipinski definition) is 4. The van der Waals surface area contributed by atoms with E-state index in [1.54, 1.807) is 17.0 Å². The minimum Gasteiger partial charge on any atom is -0.343 e. The highest BCUT2D eigenvalue weighted by molar-refractivity contribution is 8.00. The molecule has 0 radical (unpaired) electrons. The van der Waals surface area contributed by atoms with Crippen molar-refractivity contribution < 1.29 is 9.18 Å². The van der Waals surface area contributed by atoms with Gasteiger partial charge in [-0.15, -0.1) is 0 Å². The van der Waals surface area contributed by atoms with Gasteiger partial charge in [0.05, 0.1) is 17.0 Å². The lowest BCUT2D eigenvalue weighted by Gasteiger charge is -2.18. The second kappa shape index (κ2) is 10.0. The Hall–Kier alpha value is -3.17. The predicted molar refractivity (Wildman–Crippen MR) is 118 cm³/mol. The van der Waals surface area contributed by atoms with E-state index in [0.717, 1.165) is 16.7 Å². The number of carbonyl (C=O) groups is 1. The summed E-state index contributed by atoms with van der Waals surface area (Å²) in [4.78, 5) is 18.9. The largest absolute Gasteiger partial charge is 0.343 e. The van der Waals surface area contributed by atoms with E-state index in [-0.39, 0.29) is 17.5 Å². The topological polar surface area (TPSA) is 57.0 Å². The van der Waals surface area contributed by atoms with E-state index in [4.69, 9.17) is 0 Å². The third-order valence-corrected chi connectivity index (χ3v) is 5.73. The Morgan fingerprint density at radius 1 is 1.07 bits per heavy atom. The van der Waals surface area contributed by atoms with Gasteiger partial charge in [0.15, 0.2) is 0 Å². The predicted octanol–water partition coefficient (Wildman–Crippen LogP) is 5.39. The van der Waals surface area contributed by atoms with Gasteiger partial charge >= 0.3 is 0 Å². The fourth-order valence-corrected chi connectivity index (χ4v) is 4.05. The molecule has 0 fully saturated rings. The number of carbonyl (C=O) groups excluding carboxylic acids is 1. The molecule has 2 aromatic carbocycles. The Bertz CT molecular complexity index is 1060. The molecule has 0 N–H and O–H groups in total. The van der Waals surface area contributed by atoms with E-state index in [1.165, 1.54) is 23.9 Å². The minimum atomic E-state index is -0.324. The van der Waals surface area contributed by atoms with Crippen LogP contribution in [0, 0.1) is 17.1 Å². The highest BCUT2D eigenvalue weighted by Crippen LogP contribution is 2.34. The van der Waals surface area contributed by atoms with Gasteiger partial charge in [0.1, 0.15) is 16.9 Å². The number of halogens is 1. The Balaban J connectivity index is 2.07. The summed E-state index contributed by atoms with van der Waals surface area (Å²) in [6.07, 6.45) is 0. The van der Waals surface area contributed by atoms with Crippen molar-refractivity contribution in [2.75, 3.05) is 18.8 Å². The first-order chi connectivity index (χ1) is 14.6. The summed E-state index contributed by atoms with van der Waals surface area (Å²) < 4.78 is 13.4. The van der Waals surface area contributed by atoms with Crippen LogP contribution in [-0.2, 0) is 4.79 Å². The van der Waals surface area contributed by atoms with Gasteiger partial charge < -0.3 is 4.90 Å². The van der Waals surface area contributed by atoms with Crippen LogP contribution in [0.5, 0.6) is 0 Å². The minimum absolute atomic E-state index is 0.00383. The first-order valence-electron chi connectivity index (χ1n) is 9.74. The average molecular weight is 420 g/mol. The number of pyridine rings is 1. The molecule has 3 rings (SSSR count). The first kappa shape index (κ1) is 21.5. The molecule has 30 heavy (non-hydrogen) atoms. The molecule has 0 aliphatic heterocycles. The van der Waals surface area contributed by atoms with Crippen LogP contribution in [0.15, 0.2) is 65.7 Å². The van der Waals surface area contributed by atoms with Gasteiger partial charge in [0, 0.05) is 24.2 Å². The van der Waals surface area contributed by atoms with Crippen LogP contribution >= 0.6 is 11.8 Å². The van der Waals surface area contributed by atoms with Crippen LogP contribution in [0.3, 0.4) is 0 Å². The van der Waals surface area contributed by atoms with Crippen LogP contribution in [0.4, 0.5) is 4.39 Å². The Kier molecular flexibility index (Phi) is 7.21. The zero-order valence-corrected chi connectivity index (χ0v) is 17.7. The Labute approximate surface area is 180 Å². The van der Waals surface area contributed by atoms with Crippen LogP contribution in [0.1, 0.15) is 19.4 Å². The maximum atomic E-state index is 13.4. The normalized spacial score (nSPS) is 10.5. The first-order valence-corrected chi connectivity index (χ1v) is 10.7. The highest BCUT2D eigenvalue weighted by Gasteiger charge is 2.18. The number of hydrogen-bond donors (Lipinski definition) is 0. The number of nitriles is 1. The quantitative estimate of drug-likeness (QED) is 0.482. The summed E-state index contributed by atoms with van der Waals surface area (Å²) >= 11 is 1.26. The third kappa shape index (κ3) is 4.87. The van der Waals surface area contributed by atoms with Gasteiger partial charge in [0.25, 0.3) is 0 Å². The van der Waals surface area contributed by atoms with Gasteiger partial charge in [-0.2, -0.15) is 5.26 Å². The highest BCUT2D eigenvalue weighted by atomic mass is 32.2. The molecule has 1 aromatic heterocycles. The average Bonchev–Trinajstić information content (AvgIpc) is 2.79. The SMILES string of the molecule is CCN(CC)C(=O)CSc1nc(-c2ccc(F)cc2)cc(-c2ccccc2)c1C#N. The summed E-state index contributed by atoms with van der Waals surface area (Å²) in [6, 6.07) is 19.8. The van der Waals surface area contributed by atoms with Crippen molar-refractivity contribution >= 4 is 17.7 Å². The molecule has 0 atom stereocenters. The Morgan fingerprint density at radius 3 is 2.33 bits per heavy atom. The zero-order chi connectivity index (χ0) is 21.5. The van der Waals surface area contributed by atoms with Crippen LogP contribution in [-0.4, -0.2) is 34.6 Å². The van der Waals surface area contributed by atoms with E-state index < -0.39 is 0 Å². The van der Waals surface area contributed by atoms with Crippen molar-refractivity contribution in [1.29, 1.82) is 5.26 Å². The molecule has 0 bridgehead atoms. The summed E-state index contributed by atoms with van der Waals surface area (Å²) in [5, 5.41) is 10.4. The molecular weight excluding hydrogens is 397 g/mol. The molecule has 0 aliphatic carbocycles. The number of rotatable bonds is 7. The summed E-state index contributed by atoms with van der Waals surface area (Å²) in [6.45, 7) is 5.15. The van der Waals surface area contributed by atoms with Gasteiger partial charge in [-0.1, -0.05) is 42.1 Å². The van der Waals surface area contributed by atoms with Crippen molar-refractivity contribution in [1.82, 2.24) is 9.88 Å². The van der Waals surface area contributed by atoms with Crippen molar-refractivity contribution in [3.63, 3.8) is 0 Å². The molecule has 0 saturated carbocycles. The van der Waals surface area contributed by atoms with E-state index >= 15 is 0 Å². The fraction of sp³-hybridized carbons (Fsp3) is 0.208. The lowest BCUT2D eigenvalue weighted by atomic mass is 9.99. The van der Waals surface area contributed by atoms with Gasteiger partial charge in [-0.25, -0.2) is 9.37 Å². The number of nitrogens with zero attached hydrogens (tertiary/aromatic N) is 3. The maximum Gasteiger partial charge on any atom is 0.232 e. The van der Waals surface area contributed by atoms with Crippen molar-refractivity contribution in [2.24, 2.45) is 0 Å². The summed E-state index contributed by atoms with van der Waals surface area (Å²) in [5.41, 5.74) is 3.44. The molecule has 0 aliphatic rings. The lowest BCUT2D eigenvalue weighted by Crippen LogP contribution is -2.31. The molecule has 6 heteroatoms. The van der Waals surface area contributed by atoms with Gasteiger partial charge in [-0.05, 0) is 49.7 Å². The van der Waals surface area contributed by atoms with Crippen LogP contribution < -0.4 is 0 Å². The lowest BCUT2D eigenvalue weighted by molar-refractivity contribution is -0.127. The van der Waals surface area contributed by atoms with E-state index in [0.29, 0.717) is 29.4 Å². The number of aromatic nitrogens is 1. The van der Waals surface area contributed by atoms with Crippen LogP contribution in [0.25, 0.3) is 22.4 Å². The molecule has 0 saturated heterocycles. The number of thioether (sulfide) groups is 1. The van der Waals surface area contributed by atoms with Crippen LogP contribution in [0.2, 0.25) is 0 Å². The molecule has 0 spiro atoms. The molecule has 1 heterocycles. The monoisotopic (exact) mass is 419 g/mol. The maximum absolute atomic E-state index is 13.4. The van der Waals surface area contributed by atoms with Gasteiger partial charge in [-0.3, -0.25) is 4.79 Å². The molecular formula is C24H22FN3OS. The smallest absolute Gasteiger partial charge is 0.232 e. The summed E-state index contributed by atoms with van der Waals surface area (Å²) in [5.74, 6) is -0.121. The standard InChI is InChI=1S/C24H22FN3OS/c1-3-28(4-2)23(29)16-30-24-21(15-26)20(17-8-6-5-7-9-17)14-22(27-24)18-10-12-19(25)13-11-18/h5-14H,3-4,16H2,1-2H3. The summed E-state index contributed by atoms with van der Waals surface area (Å²) in [7, 11) is 0. The van der Waals surface area contributed by atoms with Gasteiger partial charge in [0.2, 0.25) is 5.91 Å². The van der Waals surface area contributed by atoms with E-state index in [1.807, 2.05) is 50.2 Å². The Morgan fingerprint density at radius 2 is 1.73 bits per heavy atom.